The fourth-order valence-corrected chi connectivity index (χ4v) is 8.03. The lowest BCUT2D eigenvalue weighted by molar-refractivity contribution is -0.645. The second-order valence-corrected chi connectivity index (χ2v) is 15.8. The molecule has 5 rings (SSSR count). The molecule has 0 aliphatic carbocycles. The number of aromatic nitrogens is 1. The number of rotatable bonds is 17. The summed E-state index contributed by atoms with van der Waals surface area (Å²) in [7, 11) is 4.98. The summed E-state index contributed by atoms with van der Waals surface area (Å²) in [6.07, 6.45) is 0. The normalized spacial score (nSPS) is 15.7. The zero-order valence-electron chi connectivity index (χ0n) is 36.2. The maximum absolute atomic E-state index is 14.1. The Hall–Kier alpha value is -5.58. The van der Waals surface area contributed by atoms with Crippen LogP contribution in [0.15, 0.2) is 66.7 Å². The Morgan fingerprint density at radius 2 is 1.21 bits per heavy atom. The van der Waals surface area contributed by atoms with Crippen LogP contribution in [0.3, 0.4) is 0 Å². The number of nitrogens with one attached hydrogen (secondary N) is 1. The van der Waals surface area contributed by atoms with E-state index in [-0.39, 0.29) is 77.3 Å². The molecule has 1 atom stereocenters. The topological polar surface area (TPSA) is 231 Å². The number of amides is 2. The van der Waals surface area contributed by atoms with Gasteiger partial charge >= 0.3 is 30.9 Å². The number of likely N-dealkylation sites (N-methyl/N-ethyl adjacent to an activating group) is 2. The Balaban J connectivity index is 1.34. The molecule has 1 unspecified atom stereocenters. The van der Waals surface area contributed by atoms with E-state index < -0.39 is 31.1 Å². The zero-order chi connectivity index (χ0) is 45.8. The third-order valence-corrected chi connectivity index (χ3v) is 11.5. The molecule has 0 bridgehead atoms. The first kappa shape index (κ1) is 48.5. The van der Waals surface area contributed by atoms with Gasteiger partial charge in [-0.3, -0.25) is 43.6 Å². The molecule has 20 heteroatoms. The molecule has 1 fully saturated rings. The average Bonchev–Trinajstić information content (AvgIpc) is 3.24. The average molecular weight is 874 g/mol. The lowest BCUT2D eigenvalue weighted by Crippen LogP contribution is -2.49. The predicted octanol–water partition coefficient (Wildman–Crippen LogP) is -1.10. The maximum Gasteiger partial charge on any atom is 0.488 e. The number of benzene rings is 3. The standard InChI is InChI=1S/C43H57BN8O11/c1-46(38(53)26-49-15-17-50(27-39(54)55)19-21-52(29-41(58)59)22-20-51(18-16-49)28-40(56)57)25-30-13-14-36-34(23-30)31-9-5-6-10-32(31)42(47(36)2)43(60)45-24-37(48(3)63-4)33-11-7-8-12-35(33)44(61)62/h5-14,23,37,61-62H,15-22,24-29H2,1-4H3,(H3-,45,54,55,56,57,58,59,60)/p+1. The van der Waals surface area contributed by atoms with Crippen molar-refractivity contribution in [3.63, 3.8) is 0 Å². The van der Waals surface area contributed by atoms with Crippen LogP contribution in [-0.4, -0.2) is 198 Å². The summed E-state index contributed by atoms with van der Waals surface area (Å²) >= 11 is 0. The molecule has 63 heavy (non-hydrogen) atoms. The first-order chi connectivity index (χ1) is 30.1. The summed E-state index contributed by atoms with van der Waals surface area (Å²) in [6, 6.07) is 19.7. The highest BCUT2D eigenvalue weighted by atomic mass is 16.7. The lowest BCUT2D eigenvalue weighted by Gasteiger charge is -2.33. The van der Waals surface area contributed by atoms with Crippen LogP contribution in [0.5, 0.6) is 0 Å². The van der Waals surface area contributed by atoms with Gasteiger partial charge in [0.25, 0.3) is 5.69 Å². The SMILES string of the molecule is CON(C)C(CNC(=O)c1c2ccccc2c2cc(CN(C)C(=O)CN3CCN(CC(=O)O)CCN(CC(=O)O)CCN(CC(=O)O)CC3)ccc2[n+]1C)c1ccccc1B(O)O. The van der Waals surface area contributed by atoms with Gasteiger partial charge in [-0.2, -0.15) is 9.63 Å². The van der Waals surface area contributed by atoms with E-state index in [0.29, 0.717) is 48.3 Å². The minimum Gasteiger partial charge on any atom is -0.480 e. The minimum absolute atomic E-state index is 0.000596. The van der Waals surface area contributed by atoms with Crippen molar-refractivity contribution in [2.45, 2.75) is 12.6 Å². The van der Waals surface area contributed by atoms with Crippen molar-refractivity contribution in [3.8, 4) is 0 Å². The number of aryl methyl sites for hydroxylation is 1. The summed E-state index contributed by atoms with van der Waals surface area (Å²) in [4.78, 5) is 77.0. The summed E-state index contributed by atoms with van der Waals surface area (Å²) in [5.41, 5.74) is 2.91. The molecule has 2 amide bonds. The van der Waals surface area contributed by atoms with Gasteiger partial charge in [-0.15, -0.1) is 0 Å². The van der Waals surface area contributed by atoms with E-state index in [4.69, 9.17) is 4.84 Å². The van der Waals surface area contributed by atoms with E-state index >= 15 is 0 Å². The van der Waals surface area contributed by atoms with E-state index in [1.165, 1.54) is 12.2 Å². The highest BCUT2D eigenvalue weighted by Crippen LogP contribution is 2.27. The second-order valence-electron chi connectivity index (χ2n) is 15.8. The van der Waals surface area contributed by atoms with Crippen molar-refractivity contribution in [3.05, 3.63) is 83.6 Å². The van der Waals surface area contributed by atoms with Gasteiger partial charge in [-0.25, -0.2) is 0 Å². The van der Waals surface area contributed by atoms with Gasteiger partial charge < -0.3 is 40.4 Å². The quantitative estimate of drug-likeness (QED) is 0.0320. The highest BCUT2D eigenvalue weighted by molar-refractivity contribution is 6.59. The van der Waals surface area contributed by atoms with Crippen molar-refractivity contribution in [1.29, 1.82) is 0 Å². The summed E-state index contributed by atoms with van der Waals surface area (Å²) < 4.78 is 1.83. The molecule has 0 radical (unpaired) electrons. The molecule has 1 aliphatic rings. The van der Waals surface area contributed by atoms with E-state index in [2.05, 4.69) is 5.32 Å². The molecule has 2 heterocycles. The number of hydroxylamine groups is 2. The Morgan fingerprint density at radius 3 is 1.71 bits per heavy atom. The van der Waals surface area contributed by atoms with Gasteiger partial charge in [0.15, 0.2) is 0 Å². The number of fused-ring (bicyclic) bond motifs is 3. The van der Waals surface area contributed by atoms with Gasteiger partial charge in [0.1, 0.15) is 7.05 Å². The smallest absolute Gasteiger partial charge is 0.480 e. The maximum atomic E-state index is 14.1. The Labute approximate surface area is 366 Å². The molecule has 0 saturated carbocycles. The third kappa shape index (κ3) is 13.2. The number of hydrogen-bond donors (Lipinski definition) is 6. The largest absolute Gasteiger partial charge is 0.488 e. The molecule has 1 saturated heterocycles. The molecule has 1 aliphatic heterocycles. The van der Waals surface area contributed by atoms with Crippen molar-refractivity contribution in [2.75, 3.05) is 106 Å². The molecule has 1 aromatic heterocycles. The van der Waals surface area contributed by atoms with Crippen molar-refractivity contribution in [1.82, 2.24) is 34.9 Å². The second kappa shape index (κ2) is 22.7. The molecule has 19 nitrogen and oxygen atoms in total. The molecule has 6 N–H and O–H groups in total. The molecular formula is C43H58BN8O11+. The first-order valence-corrected chi connectivity index (χ1v) is 20.7. The van der Waals surface area contributed by atoms with Gasteiger partial charge in [0.2, 0.25) is 11.4 Å². The fraction of sp³-hybridized carbons (Fsp3) is 0.442. The van der Waals surface area contributed by atoms with Crippen molar-refractivity contribution >= 4 is 64.0 Å². The fourth-order valence-electron chi connectivity index (χ4n) is 8.03. The van der Waals surface area contributed by atoms with Crippen LogP contribution in [0, 0.1) is 0 Å². The lowest BCUT2D eigenvalue weighted by atomic mass is 9.75. The predicted molar refractivity (Wildman–Crippen MR) is 234 cm³/mol. The molecular weight excluding hydrogens is 815 g/mol. The summed E-state index contributed by atoms with van der Waals surface area (Å²) in [5.74, 6) is -3.63. The number of pyridine rings is 1. The monoisotopic (exact) mass is 873 g/mol. The van der Waals surface area contributed by atoms with E-state index in [1.807, 2.05) is 59.0 Å². The van der Waals surface area contributed by atoms with Crippen LogP contribution in [0.4, 0.5) is 0 Å². The summed E-state index contributed by atoms with van der Waals surface area (Å²) in [6.45, 7) is 1.92. The Kier molecular flexibility index (Phi) is 17.4. The molecule has 338 valence electrons. The van der Waals surface area contributed by atoms with Crippen molar-refractivity contribution < 1.29 is 58.7 Å². The minimum atomic E-state index is -1.72. The Morgan fingerprint density at radius 1 is 0.714 bits per heavy atom. The van der Waals surface area contributed by atoms with Crippen LogP contribution in [0.25, 0.3) is 21.7 Å². The number of carbonyl (C=O) groups excluding carboxylic acids is 2. The number of carboxylic acids is 3. The van der Waals surface area contributed by atoms with E-state index in [0.717, 1.165) is 21.9 Å². The van der Waals surface area contributed by atoms with Crippen LogP contribution in [-0.2, 0) is 37.6 Å². The van der Waals surface area contributed by atoms with Gasteiger partial charge in [0, 0.05) is 91.0 Å². The van der Waals surface area contributed by atoms with Crippen LogP contribution in [0.2, 0.25) is 0 Å². The molecule has 4 aromatic rings. The first-order valence-electron chi connectivity index (χ1n) is 20.7. The van der Waals surface area contributed by atoms with E-state index in [1.54, 1.807) is 58.0 Å². The third-order valence-electron chi connectivity index (χ3n) is 11.5. The molecule has 0 spiro atoms. The van der Waals surface area contributed by atoms with Crippen LogP contribution >= 0.6 is 0 Å². The summed E-state index contributed by atoms with van der Waals surface area (Å²) in [5, 5.41) is 55.7. The number of carbonyl (C=O) groups is 5. The highest BCUT2D eigenvalue weighted by Gasteiger charge is 2.30. The van der Waals surface area contributed by atoms with E-state index in [9.17, 15) is 49.3 Å². The number of hydrogen-bond acceptors (Lipinski definition) is 13. The molecule has 3 aromatic carbocycles. The van der Waals surface area contributed by atoms with Gasteiger partial charge in [-0.1, -0.05) is 48.5 Å². The van der Waals surface area contributed by atoms with Gasteiger partial charge in [0.05, 0.1) is 50.1 Å². The zero-order valence-corrected chi connectivity index (χ0v) is 36.2. The number of carboxylic acid groups (broad SMARTS) is 3. The Bertz CT molecular complexity index is 2230. The van der Waals surface area contributed by atoms with Crippen molar-refractivity contribution in [2.24, 2.45) is 7.05 Å². The van der Waals surface area contributed by atoms with Crippen LogP contribution in [0.1, 0.15) is 27.7 Å². The number of nitrogens with zero attached hydrogens (tertiary/aromatic N) is 7. The number of aliphatic carboxylic acids is 3. The van der Waals surface area contributed by atoms with Gasteiger partial charge in [-0.05, 0) is 28.7 Å². The van der Waals surface area contributed by atoms with Crippen LogP contribution < -0.4 is 15.3 Å².